The fourth-order valence-electron chi connectivity index (χ4n) is 1.97. The molecule has 0 atom stereocenters. The monoisotopic (exact) mass is 250 g/mol. The summed E-state index contributed by atoms with van der Waals surface area (Å²) >= 11 is -0.585. The molecule has 1 aliphatic carbocycles. The van der Waals surface area contributed by atoms with Crippen molar-refractivity contribution in [3.63, 3.8) is 0 Å². The summed E-state index contributed by atoms with van der Waals surface area (Å²) in [5.41, 5.74) is 8.42. The molecular formula is C12H15AsO. The SMILES string of the molecule is C[As](C)Cc1ccc2c(c1)CCC2=O. The van der Waals surface area contributed by atoms with E-state index in [-0.39, 0.29) is 0 Å². The number of benzene rings is 1. The Labute approximate surface area is 89.8 Å². The summed E-state index contributed by atoms with van der Waals surface area (Å²) in [5.74, 6) is 0.328. The summed E-state index contributed by atoms with van der Waals surface area (Å²) in [6, 6.07) is 6.41. The molecular weight excluding hydrogens is 235 g/mol. The van der Waals surface area contributed by atoms with Crippen molar-refractivity contribution < 1.29 is 4.79 Å². The summed E-state index contributed by atoms with van der Waals surface area (Å²) in [4.78, 5) is 11.4. The third kappa shape index (κ3) is 1.93. The molecule has 0 N–H and O–H groups in total. The predicted octanol–water partition coefficient (Wildman–Crippen LogP) is 2.65. The van der Waals surface area contributed by atoms with Gasteiger partial charge in [0.1, 0.15) is 0 Å². The third-order valence-corrected chi connectivity index (χ3v) is 4.68. The number of hydrogen-bond acceptors (Lipinski definition) is 1. The first-order chi connectivity index (χ1) is 6.66. The summed E-state index contributed by atoms with van der Waals surface area (Å²) in [6.45, 7) is 0. The molecule has 2 rings (SSSR count). The molecule has 0 aromatic heterocycles. The van der Waals surface area contributed by atoms with Crippen LogP contribution in [0.5, 0.6) is 0 Å². The van der Waals surface area contributed by atoms with Crippen LogP contribution < -0.4 is 0 Å². The van der Waals surface area contributed by atoms with E-state index in [2.05, 4.69) is 23.6 Å². The van der Waals surface area contributed by atoms with Crippen LogP contribution in [-0.2, 0) is 11.6 Å². The second-order valence-electron chi connectivity index (χ2n) is 4.15. The molecule has 0 saturated heterocycles. The molecule has 0 fully saturated rings. The summed E-state index contributed by atoms with van der Waals surface area (Å²) in [5, 5.41) is 1.26. The summed E-state index contributed by atoms with van der Waals surface area (Å²) in [6.07, 6.45) is 1.68. The van der Waals surface area contributed by atoms with E-state index in [1.807, 2.05) is 6.07 Å². The average Bonchev–Trinajstić information content (AvgIpc) is 2.46. The molecule has 74 valence electrons. The van der Waals surface area contributed by atoms with Crippen LogP contribution in [0.3, 0.4) is 0 Å². The van der Waals surface area contributed by atoms with Crippen molar-refractivity contribution in [3.05, 3.63) is 34.9 Å². The molecule has 0 saturated carbocycles. The first kappa shape index (κ1) is 9.98. The van der Waals surface area contributed by atoms with Gasteiger partial charge in [-0.05, 0) is 0 Å². The number of hydrogen-bond donors (Lipinski definition) is 0. The zero-order chi connectivity index (χ0) is 10.1. The molecule has 0 amide bonds. The molecule has 0 bridgehead atoms. The van der Waals surface area contributed by atoms with Crippen molar-refractivity contribution in [3.8, 4) is 0 Å². The van der Waals surface area contributed by atoms with E-state index < -0.39 is 14.7 Å². The number of ketones is 1. The van der Waals surface area contributed by atoms with Gasteiger partial charge in [-0.15, -0.1) is 0 Å². The van der Waals surface area contributed by atoms with Crippen molar-refractivity contribution in [2.45, 2.75) is 29.5 Å². The fourth-order valence-corrected chi connectivity index (χ4v) is 3.92. The predicted molar refractivity (Wildman–Crippen MR) is 60.3 cm³/mol. The van der Waals surface area contributed by atoms with Gasteiger partial charge in [0.15, 0.2) is 0 Å². The Bertz CT molecular complexity index is 369. The molecule has 0 aliphatic heterocycles. The van der Waals surface area contributed by atoms with Gasteiger partial charge >= 0.3 is 89.6 Å². The van der Waals surface area contributed by atoms with Crippen molar-refractivity contribution in [1.29, 1.82) is 0 Å². The van der Waals surface area contributed by atoms with Gasteiger partial charge < -0.3 is 0 Å². The van der Waals surface area contributed by atoms with Crippen LogP contribution in [0.4, 0.5) is 0 Å². The van der Waals surface area contributed by atoms with Gasteiger partial charge in [0.2, 0.25) is 0 Å². The molecule has 2 heteroatoms. The molecule has 1 aromatic rings. The first-order valence-corrected chi connectivity index (χ1v) is 10.0. The van der Waals surface area contributed by atoms with Crippen LogP contribution in [0, 0.1) is 0 Å². The average molecular weight is 250 g/mol. The van der Waals surface area contributed by atoms with Gasteiger partial charge in [0.05, 0.1) is 0 Å². The standard InChI is InChI=1S/C12H15AsO/c1-13(2)8-9-3-5-11-10(7-9)4-6-12(11)14/h3,5,7H,4,6,8H2,1-2H3. The van der Waals surface area contributed by atoms with Crippen LogP contribution >= 0.6 is 0 Å². The van der Waals surface area contributed by atoms with Crippen molar-refractivity contribution in [1.82, 2.24) is 0 Å². The molecule has 0 radical (unpaired) electrons. The van der Waals surface area contributed by atoms with E-state index in [1.165, 1.54) is 16.3 Å². The van der Waals surface area contributed by atoms with Crippen LogP contribution in [-0.4, -0.2) is 20.4 Å². The number of carbonyl (C=O) groups excluding carboxylic acids is 1. The van der Waals surface area contributed by atoms with Crippen molar-refractivity contribution >= 4 is 20.4 Å². The Morgan fingerprint density at radius 1 is 1.29 bits per heavy atom. The van der Waals surface area contributed by atoms with Gasteiger partial charge in [-0.1, -0.05) is 0 Å². The zero-order valence-corrected chi connectivity index (χ0v) is 10.6. The maximum atomic E-state index is 11.4. The normalized spacial score (nSPS) is 14.9. The minimum atomic E-state index is -0.585. The van der Waals surface area contributed by atoms with E-state index >= 15 is 0 Å². The Morgan fingerprint density at radius 3 is 2.79 bits per heavy atom. The first-order valence-electron chi connectivity index (χ1n) is 4.96. The molecule has 1 nitrogen and oxygen atoms in total. The second-order valence-corrected chi connectivity index (χ2v) is 9.35. The summed E-state index contributed by atoms with van der Waals surface area (Å²) in [7, 11) is 0. The third-order valence-electron chi connectivity index (χ3n) is 2.59. The quantitative estimate of drug-likeness (QED) is 0.737. The second kappa shape index (κ2) is 3.90. The zero-order valence-electron chi connectivity index (χ0n) is 8.71. The number of Topliss-reactive ketones (excluding diaryl/α,β-unsaturated/α-hetero) is 1. The van der Waals surface area contributed by atoms with Crippen LogP contribution in [0.2, 0.25) is 11.4 Å². The number of carbonyl (C=O) groups is 1. The van der Waals surface area contributed by atoms with Crippen molar-refractivity contribution in [2.24, 2.45) is 0 Å². The van der Waals surface area contributed by atoms with Gasteiger partial charge in [-0.3, -0.25) is 0 Å². The van der Waals surface area contributed by atoms with Gasteiger partial charge in [0, 0.05) is 0 Å². The molecule has 1 aliphatic rings. The minimum absolute atomic E-state index is 0.328. The fraction of sp³-hybridized carbons (Fsp3) is 0.417. The van der Waals surface area contributed by atoms with Gasteiger partial charge in [-0.2, -0.15) is 0 Å². The molecule has 0 unspecified atom stereocenters. The topological polar surface area (TPSA) is 17.1 Å². The van der Waals surface area contributed by atoms with Crippen molar-refractivity contribution in [2.75, 3.05) is 0 Å². The van der Waals surface area contributed by atoms with Gasteiger partial charge in [0.25, 0.3) is 0 Å². The molecule has 14 heavy (non-hydrogen) atoms. The summed E-state index contributed by atoms with van der Waals surface area (Å²) < 4.78 is 0. The number of rotatable bonds is 2. The Kier molecular flexibility index (Phi) is 2.78. The molecule has 1 aromatic carbocycles. The van der Waals surface area contributed by atoms with E-state index in [4.69, 9.17) is 0 Å². The van der Waals surface area contributed by atoms with E-state index in [1.54, 1.807) is 0 Å². The Hall–Kier alpha value is -0.552. The van der Waals surface area contributed by atoms with Crippen LogP contribution in [0.1, 0.15) is 27.9 Å². The number of fused-ring (bicyclic) bond motifs is 1. The van der Waals surface area contributed by atoms with E-state index in [9.17, 15) is 4.79 Å². The van der Waals surface area contributed by atoms with Gasteiger partial charge in [-0.25, -0.2) is 0 Å². The Balaban J connectivity index is 2.28. The van der Waals surface area contributed by atoms with Crippen LogP contribution in [0.25, 0.3) is 0 Å². The molecule has 0 spiro atoms. The van der Waals surface area contributed by atoms with Crippen LogP contribution in [0.15, 0.2) is 18.2 Å². The molecule has 0 heterocycles. The Morgan fingerprint density at radius 2 is 2.07 bits per heavy atom. The van der Waals surface area contributed by atoms with E-state index in [0.29, 0.717) is 5.78 Å². The van der Waals surface area contributed by atoms with E-state index in [0.717, 1.165) is 18.4 Å². The maximum absolute atomic E-state index is 11.4. The number of aryl methyl sites for hydroxylation is 1.